The molecular weight excluding hydrogens is 406 g/mol. The number of para-hydroxylation sites is 1. The lowest BCUT2D eigenvalue weighted by molar-refractivity contribution is -0.130. The summed E-state index contributed by atoms with van der Waals surface area (Å²) in [5.74, 6) is -1.14. The number of methoxy groups -OCH3 is 2. The van der Waals surface area contributed by atoms with Gasteiger partial charge in [-0.25, -0.2) is 0 Å². The Labute approximate surface area is 177 Å². The fourth-order valence-electron chi connectivity index (χ4n) is 3.68. The van der Waals surface area contributed by atoms with Crippen LogP contribution in [0.1, 0.15) is 27.0 Å². The Morgan fingerprint density at radius 2 is 2.10 bits per heavy atom. The molecular formula is C22H21NO6S. The third-order valence-corrected chi connectivity index (χ3v) is 6.26. The Kier molecular flexibility index (Phi) is 5.36. The van der Waals surface area contributed by atoms with Gasteiger partial charge in [0, 0.05) is 23.9 Å². The van der Waals surface area contributed by atoms with Gasteiger partial charge in [0.05, 0.1) is 19.3 Å². The molecule has 1 amide bonds. The molecule has 1 aliphatic heterocycles. The Morgan fingerprint density at radius 1 is 1.30 bits per heavy atom. The highest BCUT2D eigenvalue weighted by Gasteiger charge is 2.45. The van der Waals surface area contributed by atoms with Crippen molar-refractivity contribution >= 4 is 34.0 Å². The van der Waals surface area contributed by atoms with E-state index >= 15 is 0 Å². The van der Waals surface area contributed by atoms with E-state index in [0.717, 1.165) is 10.4 Å². The summed E-state index contributed by atoms with van der Waals surface area (Å²) in [4.78, 5) is 28.5. The van der Waals surface area contributed by atoms with Gasteiger partial charge < -0.3 is 23.9 Å². The van der Waals surface area contributed by atoms with Gasteiger partial charge in [-0.1, -0.05) is 12.1 Å². The highest BCUT2D eigenvalue weighted by Crippen LogP contribution is 2.42. The standard InChI is InChI=1S/C22H21NO6S/c1-12-7-10-30-21(12)17-16(19(25)22(26)23(17)8-9-27-2)18(24)15-11-13-5-4-6-14(28-3)20(13)29-15/h4-7,10-11,17,25H,8-9H2,1-3H3. The summed E-state index contributed by atoms with van der Waals surface area (Å²) in [5, 5.41) is 13.3. The first-order valence-electron chi connectivity index (χ1n) is 9.36. The van der Waals surface area contributed by atoms with E-state index in [-0.39, 0.29) is 24.5 Å². The van der Waals surface area contributed by atoms with Gasteiger partial charge in [0.15, 0.2) is 22.9 Å². The Balaban J connectivity index is 1.81. The van der Waals surface area contributed by atoms with Gasteiger partial charge in [-0.05, 0) is 36.1 Å². The quantitative estimate of drug-likeness (QED) is 0.573. The molecule has 0 fully saturated rings. The normalized spacial score (nSPS) is 16.7. The number of ether oxygens (including phenoxy) is 2. The maximum absolute atomic E-state index is 13.5. The van der Waals surface area contributed by atoms with Crippen LogP contribution in [-0.2, 0) is 9.53 Å². The molecule has 0 radical (unpaired) electrons. The monoisotopic (exact) mass is 427 g/mol. The van der Waals surface area contributed by atoms with E-state index in [1.54, 1.807) is 24.3 Å². The average Bonchev–Trinajstić information content (AvgIpc) is 3.43. The Bertz CT molecular complexity index is 1160. The van der Waals surface area contributed by atoms with Crippen molar-refractivity contribution in [3.63, 3.8) is 0 Å². The molecule has 0 bridgehead atoms. The number of fused-ring (bicyclic) bond motifs is 1. The predicted octanol–water partition coefficient (Wildman–Crippen LogP) is 4.04. The summed E-state index contributed by atoms with van der Waals surface area (Å²) in [5.41, 5.74) is 1.39. The van der Waals surface area contributed by atoms with E-state index in [1.165, 1.54) is 30.5 Å². The number of Topliss-reactive ketones (excluding diaryl/α,β-unsaturated/α-hetero) is 1. The summed E-state index contributed by atoms with van der Waals surface area (Å²) in [6, 6.07) is 8.16. The highest BCUT2D eigenvalue weighted by molar-refractivity contribution is 7.10. The number of ketones is 1. The third kappa shape index (κ3) is 3.18. The van der Waals surface area contributed by atoms with E-state index in [1.807, 2.05) is 18.4 Å². The van der Waals surface area contributed by atoms with Gasteiger partial charge in [0.1, 0.15) is 6.04 Å². The Hall–Kier alpha value is -3.10. The first-order chi connectivity index (χ1) is 14.5. The molecule has 4 rings (SSSR count). The van der Waals surface area contributed by atoms with Crippen molar-refractivity contribution in [2.24, 2.45) is 0 Å². The summed E-state index contributed by atoms with van der Waals surface area (Å²) < 4.78 is 16.2. The number of rotatable bonds is 7. The molecule has 30 heavy (non-hydrogen) atoms. The van der Waals surface area contributed by atoms with Crippen molar-refractivity contribution in [2.75, 3.05) is 27.4 Å². The summed E-state index contributed by atoms with van der Waals surface area (Å²) in [6.45, 7) is 2.43. The lowest BCUT2D eigenvalue weighted by Crippen LogP contribution is -2.33. The molecule has 0 spiro atoms. The average molecular weight is 427 g/mol. The molecule has 0 saturated heterocycles. The van der Waals surface area contributed by atoms with Crippen molar-refractivity contribution < 1.29 is 28.6 Å². The molecule has 1 aliphatic rings. The van der Waals surface area contributed by atoms with E-state index in [9.17, 15) is 14.7 Å². The van der Waals surface area contributed by atoms with Crippen LogP contribution in [0.5, 0.6) is 5.75 Å². The lowest BCUT2D eigenvalue weighted by atomic mass is 9.98. The van der Waals surface area contributed by atoms with E-state index in [0.29, 0.717) is 16.7 Å². The lowest BCUT2D eigenvalue weighted by Gasteiger charge is -2.25. The number of carbonyl (C=O) groups excluding carboxylic acids is 2. The number of aliphatic hydroxyl groups is 1. The molecule has 2 aromatic heterocycles. The molecule has 1 unspecified atom stereocenters. The van der Waals surface area contributed by atoms with Crippen LogP contribution in [0.2, 0.25) is 0 Å². The molecule has 1 N–H and O–H groups in total. The zero-order valence-corrected chi connectivity index (χ0v) is 17.6. The van der Waals surface area contributed by atoms with Crippen LogP contribution in [0.25, 0.3) is 11.0 Å². The molecule has 8 heteroatoms. The van der Waals surface area contributed by atoms with E-state index < -0.39 is 23.5 Å². The van der Waals surface area contributed by atoms with Gasteiger partial charge in [0.25, 0.3) is 5.91 Å². The van der Waals surface area contributed by atoms with Crippen LogP contribution in [0.15, 0.2) is 51.5 Å². The molecule has 3 heterocycles. The fraction of sp³-hybridized carbons (Fsp3) is 0.273. The van der Waals surface area contributed by atoms with Gasteiger partial charge in [-0.2, -0.15) is 0 Å². The predicted molar refractivity (Wildman–Crippen MR) is 112 cm³/mol. The van der Waals surface area contributed by atoms with Gasteiger partial charge in [0.2, 0.25) is 5.78 Å². The third-order valence-electron chi connectivity index (χ3n) is 5.19. The topological polar surface area (TPSA) is 89.2 Å². The number of aryl methyl sites for hydroxylation is 1. The summed E-state index contributed by atoms with van der Waals surface area (Å²) >= 11 is 1.43. The van der Waals surface area contributed by atoms with Crippen molar-refractivity contribution in [1.82, 2.24) is 4.90 Å². The van der Waals surface area contributed by atoms with Gasteiger partial charge in [-0.3, -0.25) is 9.59 Å². The van der Waals surface area contributed by atoms with Crippen molar-refractivity contribution in [3.05, 3.63) is 63.2 Å². The molecule has 7 nitrogen and oxygen atoms in total. The minimum atomic E-state index is -0.699. The number of aliphatic hydroxyl groups excluding tert-OH is 1. The van der Waals surface area contributed by atoms with E-state index in [2.05, 4.69) is 0 Å². The molecule has 0 aliphatic carbocycles. The molecule has 0 saturated carbocycles. The van der Waals surface area contributed by atoms with Crippen LogP contribution >= 0.6 is 11.3 Å². The zero-order chi connectivity index (χ0) is 21.4. The van der Waals surface area contributed by atoms with Crippen molar-refractivity contribution in [1.29, 1.82) is 0 Å². The maximum Gasteiger partial charge on any atom is 0.290 e. The number of nitrogens with zero attached hydrogens (tertiary/aromatic N) is 1. The van der Waals surface area contributed by atoms with Crippen molar-refractivity contribution in [2.45, 2.75) is 13.0 Å². The SMILES string of the molecule is COCCN1C(=O)C(O)=C(C(=O)c2cc3cccc(OC)c3o2)C1c1sccc1C. The zero-order valence-electron chi connectivity index (χ0n) is 16.8. The van der Waals surface area contributed by atoms with Crippen molar-refractivity contribution in [3.8, 4) is 5.75 Å². The largest absolute Gasteiger partial charge is 0.503 e. The number of hydrogen-bond donors (Lipinski definition) is 1. The summed E-state index contributed by atoms with van der Waals surface area (Å²) in [7, 11) is 3.05. The summed E-state index contributed by atoms with van der Waals surface area (Å²) in [6.07, 6.45) is 0. The fourth-order valence-corrected chi connectivity index (χ4v) is 4.73. The van der Waals surface area contributed by atoms with Gasteiger partial charge >= 0.3 is 0 Å². The second-order valence-electron chi connectivity index (χ2n) is 6.94. The number of furan rings is 1. The first kappa shape index (κ1) is 20.2. The van der Waals surface area contributed by atoms with Crippen LogP contribution in [0.4, 0.5) is 0 Å². The molecule has 1 atom stereocenters. The van der Waals surface area contributed by atoms with Gasteiger partial charge in [-0.15, -0.1) is 11.3 Å². The molecule has 3 aromatic rings. The highest BCUT2D eigenvalue weighted by atomic mass is 32.1. The number of amides is 1. The number of thiophene rings is 1. The second-order valence-corrected chi connectivity index (χ2v) is 7.89. The first-order valence-corrected chi connectivity index (χ1v) is 10.2. The Morgan fingerprint density at radius 3 is 2.77 bits per heavy atom. The molecule has 1 aromatic carbocycles. The van der Waals surface area contributed by atoms with Crippen LogP contribution in [0.3, 0.4) is 0 Å². The minimum absolute atomic E-state index is 0.0136. The second kappa shape index (κ2) is 7.97. The van der Waals surface area contributed by atoms with Crippen LogP contribution in [0, 0.1) is 6.92 Å². The van der Waals surface area contributed by atoms with Crippen LogP contribution in [-0.4, -0.2) is 49.1 Å². The number of benzene rings is 1. The molecule has 156 valence electrons. The number of carbonyl (C=O) groups is 2. The smallest absolute Gasteiger partial charge is 0.290 e. The maximum atomic E-state index is 13.5. The van der Waals surface area contributed by atoms with E-state index in [4.69, 9.17) is 13.9 Å². The number of hydrogen-bond acceptors (Lipinski definition) is 7. The van der Waals surface area contributed by atoms with Crippen LogP contribution < -0.4 is 4.74 Å². The minimum Gasteiger partial charge on any atom is -0.503 e.